The van der Waals surface area contributed by atoms with E-state index < -0.39 is 5.92 Å². The first kappa shape index (κ1) is 11.6. The predicted molar refractivity (Wildman–Crippen MR) is 62.4 cm³/mol. The normalized spacial score (nSPS) is 40.4. The molecule has 0 heterocycles. The van der Waals surface area contributed by atoms with Crippen LogP contribution in [0.4, 0.5) is 8.78 Å². The van der Waals surface area contributed by atoms with Crippen LogP contribution in [0.2, 0.25) is 0 Å². The van der Waals surface area contributed by atoms with Crippen molar-refractivity contribution in [2.75, 3.05) is 0 Å². The van der Waals surface area contributed by atoms with Gasteiger partial charge in [-0.1, -0.05) is 45.4 Å². The highest BCUT2D eigenvalue weighted by molar-refractivity contribution is 5.42. The fourth-order valence-electron chi connectivity index (χ4n) is 3.09. The van der Waals surface area contributed by atoms with Gasteiger partial charge >= 0.3 is 0 Å². The Hall–Kier alpha value is -0.920. The minimum atomic E-state index is -2.78. The number of fused-ring (bicyclic) bond motifs is 1. The average molecular weight is 224 g/mol. The van der Waals surface area contributed by atoms with Gasteiger partial charge in [0.2, 0.25) is 0 Å². The van der Waals surface area contributed by atoms with E-state index in [1.807, 2.05) is 6.08 Å². The summed E-state index contributed by atoms with van der Waals surface area (Å²) in [6.45, 7) is 6.36. The molecule has 0 N–H and O–H groups in total. The minimum absolute atomic E-state index is 0.218. The van der Waals surface area contributed by atoms with E-state index in [-0.39, 0.29) is 5.41 Å². The lowest BCUT2D eigenvalue weighted by Gasteiger charge is -2.44. The molecule has 0 spiro atoms. The molecule has 0 amide bonds. The van der Waals surface area contributed by atoms with Crippen LogP contribution in [0.25, 0.3) is 0 Å². The Labute approximate surface area is 95.7 Å². The summed E-state index contributed by atoms with van der Waals surface area (Å²) in [4.78, 5) is 0. The molecular weight excluding hydrogens is 206 g/mol. The van der Waals surface area contributed by atoms with Gasteiger partial charge in [-0.2, -0.15) is 8.78 Å². The molecule has 0 aromatic carbocycles. The van der Waals surface area contributed by atoms with Crippen LogP contribution >= 0.6 is 0 Å². The topological polar surface area (TPSA) is 0 Å². The molecule has 0 saturated carbocycles. The molecule has 0 nitrogen and oxygen atoms in total. The van der Waals surface area contributed by atoms with Crippen LogP contribution in [0.1, 0.15) is 27.2 Å². The highest BCUT2D eigenvalue weighted by Crippen LogP contribution is 2.50. The zero-order valence-corrected chi connectivity index (χ0v) is 10.0. The summed E-state index contributed by atoms with van der Waals surface area (Å²) in [5.41, 5.74) is 0.551. The predicted octanol–water partition coefficient (Wildman–Crippen LogP) is 4.36. The molecule has 0 aromatic heterocycles. The third-order valence-electron chi connectivity index (χ3n) is 4.05. The zero-order valence-electron chi connectivity index (χ0n) is 10.0. The van der Waals surface area contributed by atoms with Gasteiger partial charge in [0.15, 0.2) is 0 Å². The number of hydrogen-bond acceptors (Lipinski definition) is 0. The van der Waals surface area contributed by atoms with Gasteiger partial charge in [0.25, 0.3) is 5.92 Å². The van der Waals surface area contributed by atoms with E-state index in [1.54, 1.807) is 6.08 Å². The van der Waals surface area contributed by atoms with Crippen LogP contribution < -0.4 is 0 Å². The highest BCUT2D eigenvalue weighted by Gasteiger charge is 2.43. The smallest absolute Gasteiger partial charge is 0.197 e. The Morgan fingerprint density at radius 1 is 1.31 bits per heavy atom. The summed E-state index contributed by atoms with van der Waals surface area (Å²) < 4.78 is 26.6. The van der Waals surface area contributed by atoms with Gasteiger partial charge in [-0.3, -0.25) is 0 Å². The van der Waals surface area contributed by atoms with E-state index in [2.05, 4.69) is 26.8 Å². The molecule has 2 rings (SSSR count). The van der Waals surface area contributed by atoms with Crippen LogP contribution in [-0.2, 0) is 0 Å². The molecule has 3 atom stereocenters. The van der Waals surface area contributed by atoms with Gasteiger partial charge in [0.05, 0.1) is 0 Å². The van der Waals surface area contributed by atoms with Crippen molar-refractivity contribution in [3.63, 3.8) is 0 Å². The highest BCUT2D eigenvalue weighted by atomic mass is 19.3. The molecule has 2 aliphatic rings. The van der Waals surface area contributed by atoms with Crippen molar-refractivity contribution in [3.8, 4) is 0 Å². The maximum Gasteiger partial charge on any atom is 0.285 e. The van der Waals surface area contributed by atoms with Crippen LogP contribution in [0.15, 0.2) is 36.0 Å². The van der Waals surface area contributed by atoms with E-state index in [0.717, 1.165) is 24.1 Å². The average Bonchev–Trinajstić information content (AvgIpc) is 2.20. The number of hydrogen-bond donors (Lipinski definition) is 0. The second kappa shape index (κ2) is 3.54. The van der Waals surface area contributed by atoms with Crippen molar-refractivity contribution < 1.29 is 8.78 Å². The summed E-state index contributed by atoms with van der Waals surface area (Å²) in [6.07, 6.45) is 8.79. The molecule has 0 aromatic rings. The van der Waals surface area contributed by atoms with Crippen molar-refractivity contribution in [1.29, 1.82) is 0 Å². The van der Waals surface area contributed by atoms with Gasteiger partial charge in [0.1, 0.15) is 0 Å². The van der Waals surface area contributed by atoms with Crippen molar-refractivity contribution in [2.45, 2.75) is 33.1 Å². The molecule has 0 saturated heterocycles. The van der Waals surface area contributed by atoms with Gasteiger partial charge < -0.3 is 0 Å². The van der Waals surface area contributed by atoms with E-state index in [1.165, 1.54) is 0 Å². The Kier molecular flexibility index (Phi) is 2.56. The lowest BCUT2D eigenvalue weighted by Crippen LogP contribution is -2.37. The van der Waals surface area contributed by atoms with Gasteiger partial charge in [-0.15, -0.1) is 0 Å². The molecule has 2 aliphatic carbocycles. The Bertz CT molecular complexity index is 376. The lowest BCUT2D eigenvalue weighted by molar-refractivity contribution is 0.0984. The monoisotopic (exact) mass is 224 g/mol. The van der Waals surface area contributed by atoms with Crippen LogP contribution in [0.5, 0.6) is 0 Å². The van der Waals surface area contributed by atoms with E-state index in [0.29, 0.717) is 11.8 Å². The third-order valence-corrected chi connectivity index (χ3v) is 4.05. The fourth-order valence-corrected chi connectivity index (χ4v) is 3.09. The number of alkyl halides is 2. The molecule has 2 heteroatoms. The molecule has 0 bridgehead atoms. The number of allylic oxidation sites excluding steroid dienone is 6. The van der Waals surface area contributed by atoms with Crippen molar-refractivity contribution in [3.05, 3.63) is 36.0 Å². The molecule has 2 unspecified atom stereocenters. The maximum atomic E-state index is 13.3. The maximum absolute atomic E-state index is 13.3. The largest absolute Gasteiger partial charge is 0.285 e. The summed E-state index contributed by atoms with van der Waals surface area (Å²) in [5.74, 6) is -1.92. The van der Waals surface area contributed by atoms with Gasteiger partial charge in [-0.05, 0) is 29.6 Å². The fraction of sp³-hybridized carbons (Fsp3) is 0.571. The quantitative estimate of drug-likeness (QED) is 0.581. The minimum Gasteiger partial charge on any atom is -0.197 e. The van der Waals surface area contributed by atoms with Crippen molar-refractivity contribution >= 4 is 0 Å². The van der Waals surface area contributed by atoms with Crippen LogP contribution in [0.3, 0.4) is 0 Å². The standard InChI is InChI=1S/C14H18F2/c1-4-12-10(2)5-6-11-9-14(15,16)8-7-13(11,12)3/h5-10,12H,4H2,1-3H3/t10?,12?,13-/m0/s1. The number of halogens is 2. The third kappa shape index (κ3) is 1.64. The summed E-state index contributed by atoms with van der Waals surface area (Å²) in [6, 6.07) is 0. The molecular formula is C14H18F2. The molecule has 0 fully saturated rings. The Balaban J connectivity index is 2.48. The first-order valence-corrected chi connectivity index (χ1v) is 5.89. The lowest BCUT2D eigenvalue weighted by atomic mass is 9.61. The SMILES string of the molecule is CCC1C(C)C=CC2=CC(F)(F)C=C[C@@]21C. The van der Waals surface area contributed by atoms with Gasteiger partial charge in [0, 0.05) is 5.41 Å². The zero-order chi connectivity index (χ0) is 12.0. The second-order valence-electron chi connectivity index (χ2n) is 5.12. The summed E-state index contributed by atoms with van der Waals surface area (Å²) in [7, 11) is 0. The molecule has 88 valence electrons. The van der Waals surface area contributed by atoms with Crippen LogP contribution in [-0.4, -0.2) is 5.92 Å². The first-order valence-electron chi connectivity index (χ1n) is 5.89. The van der Waals surface area contributed by atoms with Gasteiger partial charge in [-0.25, -0.2) is 0 Å². The van der Waals surface area contributed by atoms with Crippen molar-refractivity contribution in [2.24, 2.45) is 17.3 Å². The van der Waals surface area contributed by atoms with E-state index >= 15 is 0 Å². The Morgan fingerprint density at radius 3 is 2.62 bits per heavy atom. The summed E-state index contributed by atoms with van der Waals surface area (Å²) in [5, 5.41) is 0. The second-order valence-corrected chi connectivity index (χ2v) is 5.12. The molecule has 0 aliphatic heterocycles. The molecule has 0 radical (unpaired) electrons. The first-order chi connectivity index (χ1) is 7.39. The van der Waals surface area contributed by atoms with E-state index in [4.69, 9.17) is 0 Å². The summed E-state index contributed by atoms with van der Waals surface area (Å²) >= 11 is 0. The number of rotatable bonds is 1. The molecule has 16 heavy (non-hydrogen) atoms. The van der Waals surface area contributed by atoms with Crippen molar-refractivity contribution in [1.82, 2.24) is 0 Å². The Morgan fingerprint density at radius 2 is 2.00 bits per heavy atom. The van der Waals surface area contributed by atoms with E-state index in [9.17, 15) is 8.78 Å². The van der Waals surface area contributed by atoms with Crippen LogP contribution in [0, 0.1) is 17.3 Å².